The number of likely N-dealkylation sites (tertiary alicyclic amines) is 1. The number of hydrogen-bond donors (Lipinski definition) is 11. The number of hydrogen-bond acceptors (Lipinski definition) is 18. The van der Waals surface area contributed by atoms with Crippen molar-refractivity contribution >= 4 is 88.6 Å². The van der Waals surface area contributed by atoms with Gasteiger partial charge in [0, 0.05) is 95.1 Å². The number of nitrogens with one attached hydrogen (secondary N) is 9. The van der Waals surface area contributed by atoms with E-state index < -0.39 is 120 Å². The lowest BCUT2D eigenvalue weighted by molar-refractivity contribution is -0.145. The first-order valence-corrected chi connectivity index (χ1v) is 38.1. The second kappa shape index (κ2) is 36.5. The number of primary amides is 1. The molecular weight excluding hydrogens is 1300 g/mol. The van der Waals surface area contributed by atoms with Gasteiger partial charge in [-0.2, -0.15) is 23.5 Å². The zero-order chi connectivity index (χ0) is 70.2. The van der Waals surface area contributed by atoms with Crippen molar-refractivity contribution in [1.29, 1.82) is 0 Å². The van der Waals surface area contributed by atoms with Crippen molar-refractivity contribution in [2.24, 2.45) is 35.3 Å². The van der Waals surface area contributed by atoms with Crippen LogP contribution >= 0.6 is 23.5 Å². The monoisotopic (exact) mass is 1400 g/mol. The average molecular weight is 1410 g/mol. The van der Waals surface area contributed by atoms with E-state index in [1.165, 1.54) is 52.3 Å². The Hall–Kier alpha value is -6.11. The number of likely N-dealkylation sites (N-methyl/N-ethyl adjacent to an activating group) is 2. The molecule has 29 heteroatoms. The van der Waals surface area contributed by atoms with E-state index in [1.54, 1.807) is 14.0 Å². The molecule has 12 N–H and O–H groups in total. The van der Waals surface area contributed by atoms with Crippen LogP contribution in [-0.2, 0) is 69.0 Å². The molecule has 1 aromatic rings. The molecule has 544 valence electrons. The van der Waals surface area contributed by atoms with E-state index >= 15 is 24.0 Å². The standard InChI is InChI=1S/C69H108N14O13S2/c1-40-68(94)81(3)35-60(85)82(4)58(29-44-32-72-50-16-8-6-14-48(44)50)67(93)77-51(28-45-34-80(2)56-17-9-7-15-49(45)56)63(89)76-53(31-61(86)87)65(91)75-52(30-46-33-71-39-73-46)64(90)78-54(27-41-19-21-47(96-5)22-20-41)69(95)83-24-11-18-57(83)66(92)79-55(62(70)88)38-98-37-43-13-10-12-42(26-43)36-97-25-23-59(84)74-40/h10,12-13,26,40-41,44-58,71-73H,6-9,11,14-25,27-39H2,1-5H3,(H2,70,88)(H,74,84)(H,75,91)(H,76,89)(H,77,93)(H,78,90)(H,79,92)(H,86,87)/t40-,41?,44?,45?,46?,47?,48?,49?,50?,51-,52-,53-,54-,55-,56?,57-,58-/m0/s1. The molecule has 8 aliphatic rings. The fourth-order valence-electron chi connectivity index (χ4n) is 16.6. The first kappa shape index (κ1) is 76.1. The third-order valence-corrected chi connectivity index (χ3v) is 24.2. The summed E-state index contributed by atoms with van der Waals surface area (Å²) in [6.45, 7) is 3.30. The van der Waals surface area contributed by atoms with E-state index in [1.807, 2.05) is 31.3 Å². The molecule has 3 aliphatic carbocycles. The number of carbonyl (C=O) groups excluding carboxylic acids is 10. The number of benzene rings is 1. The van der Waals surface area contributed by atoms with Crippen molar-refractivity contribution in [3.63, 3.8) is 0 Å². The Labute approximate surface area is 585 Å². The van der Waals surface area contributed by atoms with Crippen molar-refractivity contribution in [1.82, 2.24) is 67.5 Å². The molecule has 9 rings (SSSR count). The van der Waals surface area contributed by atoms with E-state index in [-0.39, 0.29) is 111 Å². The summed E-state index contributed by atoms with van der Waals surface area (Å²) in [5, 5.41) is 37.8. The quantitative estimate of drug-likeness (QED) is 0.138. The van der Waals surface area contributed by atoms with Crippen LogP contribution in [0.3, 0.4) is 0 Å². The zero-order valence-corrected chi connectivity index (χ0v) is 59.5. The highest BCUT2D eigenvalue weighted by atomic mass is 32.2. The van der Waals surface area contributed by atoms with Crippen molar-refractivity contribution in [3.8, 4) is 0 Å². The van der Waals surface area contributed by atoms with Crippen LogP contribution in [-0.4, -0.2) is 241 Å². The van der Waals surface area contributed by atoms with Gasteiger partial charge in [-0.3, -0.25) is 52.7 Å². The summed E-state index contributed by atoms with van der Waals surface area (Å²) in [5.41, 5.74) is 7.87. The van der Waals surface area contributed by atoms with Crippen LogP contribution in [0.15, 0.2) is 24.3 Å². The van der Waals surface area contributed by atoms with Gasteiger partial charge in [0.15, 0.2) is 0 Å². The summed E-state index contributed by atoms with van der Waals surface area (Å²) in [6, 6.07) is -1.96. The third kappa shape index (κ3) is 20.8. The minimum Gasteiger partial charge on any atom is -0.481 e. The van der Waals surface area contributed by atoms with Gasteiger partial charge in [0.1, 0.15) is 48.3 Å². The van der Waals surface area contributed by atoms with Crippen molar-refractivity contribution < 1.29 is 62.6 Å². The highest BCUT2D eigenvalue weighted by molar-refractivity contribution is 7.98. The molecule has 7 fully saturated rings. The molecule has 5 heterocycles. The Morgan fingerprint density at radius 1 is 0.663 bits per heavy atom. The molecule has 10 amide bonds. The molecule has 15 atom stereocenters. The molecule has 4 saturated heterocycles. The average Bonchev–Trinajstić information content (AvgIpc) is 1.63. The highest BCUT2D eigenvalue weighted by Crippen LogP contribution is 2.42. The highest BCUT2D eigenvalue weighted by Gasteiger charge is 2.47. The maximum atomic E-state index is 15.5. The fourth-order valence-corrected chi connectivity index (χ4v) is 18.5. The van der Waals surface area contributed by atoms with Crippen LogP contribution < -0.4 is 53.6 Å². The number of carboxylic acids is 1. The maximum absolute atomic E-state index is 15.5. The number of rotatable bonds is 12. The van der Waals surface area contributed by atoms with Gasteiger partial charge in [-0.15, -0.1) is 0 Å². The van der Waals surface area contributed by atoms with Gasteiger partial charge < -0.3 is 83.0 Å². The molecule has 0 aromatic heterocycles. The van der Waals surface area contributed by atoms with Crippen molar-refractivity contribution in [2.75, 3.05) is 79.2 Å². The summed E-state index contributed by atoms with van der Waals surface area (Å²) in [6.07, 6.45) is 11.2. The van der Waals surface area contributed by atoms with Gasteiger partial charge >= 0.3 is 5.97 Å². The van der Waals surface area contributed by atoms with E-state index in [0.717, 1.165) is 75.3 Å². The van der Waals surface area contributed by atoms with Crippen LogP contribution in [0.1, 0.15) is 146 Å². The van der Waals surface area contributed by atoms with Crippen molar-refractivity contribution in [2.45, 2.75) is 219 Å². The molecule has 7 unspecified atom stereocenters. The van der Waals surface area contributed by atoms with E-state index in [9.17, 15) is 33.9 Å². The Morgan fingerprint density at radius 3 is 2.03 bits per heavy atom. The second-order valence-electron chi connectivity index (χ2n) is 28.9. The number of carbonyl (C=O) groups is 11. The summed E-state index contributed by atoms with van der Waals surface area (Å²) in [5.74, 6) is -6.08. The topological polar surface area (TPSA) is 364 Å². The molecule has 5 aliphatic heterocycles. The molecule has 2 bridgehead atoms. The number of nitrogens with two attached hydrogens (primary N) is 1. The largest absolute Gasteiger partial charge is 0.481 e. The summed E-state index contributed by atoms with van der Waals surface area (Å²) >= 11 is 2.94. The minimum atomic E-state index is -1.78. The Kier molecular flexibility index (Phi) is 28.3. The molecule has 27 nitrogen and oxygen atoms in total. The lowest BCUT2D eigenvalue weighted by atomic mass is 9.77. The van der Waals surface area contributed by atoms with Gasteiger partial charge in [0.25, 0.3) is 0 Å². The van der Waals surface area contributed by atoms with Crippen LogP contribution in [0.4, 0.5) is 0 Å². The predicted molar refractivity (Wildman–Crippen MR) is 371 cm³/mol. The lowest BCUT2D eigenvalue weighted by Crippen LogP contribution is -2.61. The van der Waals surface area contributed by atoms with Gasteiger partial charge in [-0.1, -0.05) is 49.9 Å². The summed E-state index contributed by atoms with van der Waals surface area (Å²) < 4.78 is 5.67. The number of thioether (sulfide) groups is 2. The summed E-state index contributed by atoms with van der Waals surface area (Å²) in [7, 11) is 6.68. The van der Waals surface area contributed by atoms with Gasteiger partial charge in [-0.05, 0) is 151 Å². The number of fused-ring (bicyclic) bond motifs is 5. The molecule has 98 heavy (non-hydrogen) atoms. The van der Waals surface area contributed by atoms with Crippen LogP contribution in [0.25, 0.3) is 0 Å². The Morgan fingerprint density at radius 2 is 1.33 bits per heavy atom. The van der Waals surface area contributed by atoms with Crippen LogP contribution in [0, 0.1) is 29.6 Å². The Balaban J connectivity index is 1.02. The number of amides is 10. The molecule has 0 radical (unpaired) electrons. The number of carboxylic acid groups (broad SMARTS) is 1. The van der Waals surface area contributed by atoms with Gasteiger partial charge in [0.05, 0.1) is 19.1 Å². The van der Waals surface area contributed by atoms with Crippen LogP contribution in [0.2, 0.25) is 0 Å². The minimum absolute atomic E-state index is 0.0222. The van der Waals surface area contributed by atoms with Gasteiger partial charge in [0.2, 0.25) is 59.1 Å². The first-order chi connectivity index (χ1) is 47.0. The smallest absolute Gasteiger partial charge is 0.305 e. The third-order valence-electron chi connectivity index (χ3n) is 22.1. The maximum Gasteiger partial charge on any atom is 0.305 e. The van der Waals surface area contributed by atoms with E-state index in [4.69, 9.17) is 10.5 Å². The predicted octanol–water partition coefficient (Wildman–Crippen LogP) is 0.905. The Bertz CT molecular complexity index is 2980. The molecule has 0 spiro atoms. The molecular formula is C69H108N14O13S2. The van der Waals surface area contributed by atoms with Gasteiger partial charge in [-0.25, -0.2) is 0 Å². The van der Waals surface area contributed by atoms with E-state index in [2.05, 4.69) is 52.8 Å². The zero-order valence-electron chi connectivity index (χ0n) is 57.9. The van der Waals surface area contributed by atoms with Crippen LogP contribution in [0.5, 0.6) is 0 Å². The number of aliphatic carboxylic acids is 1. The summed E-state index contributed by atoms with van der Waals surface area (Å²) in [4.78, 5) is 165. The first-order valence-electron chi connectivity index (χ1n) is 35.8. The normalized spacial score (nSPS) is 34.2. The second-order valence-corrected chi connectivity index (χ2v) is 31.1. The lowest BCUT2D eigenvalue weighted by Gasteiger charge is -2.35. The SMILES string of the molecule is COC1CCC(C[C@@H]2NC(=O)[C@H](CC3CNCN3)NC(=O)[C@H](CC(=O)O)NC(=O)[C@H](CC3CN(C)C4CCCCC34)NC(=O)[C@H](CC3CNC4CCCCC34)N(C)C(=O)CN(C)C(=O)[C@H](C)NC(=O)CCSCc3cccc(c3)CSC[C@@H](C(N)=O)NC(=O)[C@@H]3CCCN3C2=O)CC1. The van der Waals surface area contributed by atoms with E-state index in [0.29, 0.717) is 62.8 Å². The molecule has 3 saturated carbocycles. The molecule has 1 aromatic carbocycles. The van der Waals surface area contributed by atoms with Crippen molar-refractivity contribution in [3.05, 3.63) is 35.4 Å². The number of ether oxygens (including phenoxy) is 1. The fraction of sp³-hybridized carbons (Fsp3) is 0.754. The number of methoxy groups -OCH3 is 1. The number of nitrogens with zero attached hydrogens (tertiary/aromatic N) is 4.